The average Bonchev–Trinajstić information content (AvgIpc) is 1.69. The van der Waals surface area contributed by atoms with Crippen LogP contribution in [0.1, 0.15) is 6.92 Å². The van der Waals surface area contributed by atoms with Crippen molar-refractivity contribution in [1.29, 1.82) is 0 Å². The van der Waals surface area contributed by atoms with E-state index in [9.17, 15) is 4.79 Å². The van der Waals surface area contributed by atoms with Gasteiger partial charge in [-0.2, -0.15) is 0 Å². The number of allylic oxidation sites excluding steroid dienone is 2. The van der Waals surface area contributed by atoms with Crippen LogP contribution in [0, 0.1) is 0 Å². The minimum atomic E-state index is 0.663. The summed E-state index contributed by atoms with van der Waals surface area (Å²) < 4.78 is 0. The zero-order chi connectivity index (χ0) is 5.54. The van der Waals surface area contributed by atoms with Crippen LogP contribution in [0.25, 0.3) is 0 Å². The summed E-state index contributed by atoms with van der Waals surface area (Å²) in [7, 11) is 0. The van der Waals surface area contributed by atoms with Gasteiger partial charge in [-0.05, 0) is 13.0 Å². The highest BCUT2D eigenvalue weighted by atomic mass is 16.1. The van der Waals surface area contributed by atoms with Gasteiger partial charge in [0.25, 0.3) is 0 Å². The van der Waals surface area contributed by atoms with Gasteiger partial charge in [0, 0.05) is 6.08 Å². The van der Waals surface area contributed by atoms with Crippen LogP contribution in [-0.2, 0) is 4.79 Å². The third kappa shape index (κ3) is 4.97. The molecule has 0 aromatic carbocycles. The molecule has 0 aliphatic carbocycles. The second kappa shape index (κ2) is 4.97. The first-order valence-corrected chi connectivity index (χ1v) is 1.97. The third-order valence-corrected chi connectivity index (χ3v) is 0.379. The lowest BCUT2D eigenvalue weighted by atomic mass is 10.6. The molecule has 1 nitrogen and oxygen atoms in total. The van der Waals surface area contributed by atoms with Gasteiger partial charge in [0.05, 0.1) is 0 Å². The van der Waals surface area contributed by atoms with Crippen LogP contribution in [0.4, 0.5) is 0 Å². The highest BCUT2D eigenvalue weighted by molar-refractivity contribution is 5.64. The fourth-order valence-electron chi connectivity index (χ4n) is 0.165. The molecule has 0 rings (SSSR count). The van der Waals surface area contributed by atoms with Gasteiger partial charge in [0.2, 0.25) is 0 Å². The van der Waals surface area contributed by atoms with Crippen LogP contribution in [0.2, 0.25) is 0 Å². The number of rotatable bonds is 1. The summed E-state index contributed by atoms with van der Waals surface area (Å²) in [5.41, 5.74) is 5.07. The first-order chi connectivity index (χ1) is 3.41. The van der Waals surface area contributed by atoms with E-state index < -0.39 is 0 Å². The summed E-state index contributed by atoms with van der Waals surface area (Å²) in [5, 5.41) is 0. The topological polar surface area (TPSA) is 17.1 Å². The van der Waals surface area contributed by atoms with Crippen molar-refractivity contribution < 1.29 is 4.79 Å². The van der Waals surface area contributed by atoms with E-state index in [2.05, 4.69) is 11.5 Å². The van der Waals surface area contributed by atoms with E-state index in [1.54, 1.807) is 6.08 Å². The molecule has 0 amide bonds. The van der Waals surface area contributed by atoms with Gasteiger partial charge in [-0.25, -0.2) is 0 Å². The molecule has 0 heterocycles. The van der Waals surface area contributed by atoms with Crippen LogP contribution < -0.4 is 0 Å². The molecule has 0 spiro atoms. The molecule has 36 valence electrons. The highest BCUT2D eigenvalue weighted by Gasteiger charge is 1.48. The van der Waals surface area contributed by atoms with Gasteiger partial charge >= 0.3 is 0 Å². The van der Waals surface area contributed by atoms with Crippen LogP contribution in [0.5, 0.6) is 0 Å². The standard InChI is InChI=1S/C6H6O/c1-2-3-4-5-6-7/h2,5-6H,1H3. The Morgan fingerprint density at radius 2 is 2.14 bits per heavy atom. The van der Waals surface area contributed by atoms with Crippen LogP contribution in [0.3, 0.4) is 0 Å². The van der Waals surface area contributed by atoms with Crippen molar-refractivity contribution in [1.82, 2.24) is 0 Å². The largest absolute Gasteiger partial charge is 0.298 e. The van der Waals surface area contributed by atoms with Crippen LogP contribution in [0.15, 0.2) is 23.6 Å². The maximum atomic E-state index is 9.51. The molecule has 0 aromatic heterocycles. The zero-order valence-electron chi connectivity index (χ0n) is 4.14. The van der Waals surface area contributed by atoms with Gasteiger partial charge in [0.15, 0.2) is 6.29 Å². The Balaban J connectivity index is 3.88. The van der Waals surface area contributed by atoms with Crippen molar-refractivity contribution in [3.05, 3.63) is 23.6 Å². The molecule has 0 aliphatic rings. The molecule has 0 aromatic rings. The Morgan fingerprint density at radius 3 is 2.57 bits per heavy atom. The predicted molar refractivity (Wildman–Crippen MR) is 27.9 cm³/mol. The number of aldehydes is 1. The summed E-state index contributed by atoms with van der Waals surface area (Å²) in [6.45, 7) is 1.81. The first kappa shape index (κ1) is 5.97. The minimum absolute atomic E-state index is 0.663. The summed E-state index contributed by atoms with van der Waals surface area (Å²) in [5.74, 6) is 0. The fraction of sp³-hybridized carbons (Fsp3) is 0.167. The quantitative estimate of drug-likeness (QED) is 0.270. The van der Waals surface area contributed by atoms with Gasteiger partial charge in [-0.3, -0.25) is 4.79 Å². The van der Waals surface area contributed by atoms with Crippen molar-refractivity contribution in [2.75, 3.05) is 0 Å². The Hall–Kier alpha value is -1.03. The van der Waals surface area contributed by atoms with Gasteiger partial charge in [-0.15, -0.1) is 0 Å². The lowest BCUT2D eigenvalue weighted by Gasteiger charge is -1.48. The number of hydrogen-bond acceptors (Lipinski definition) is 1. The van der Waals surface area contributed by atoms with Gasteiger partial charge in [-0.1, -0.05) is 11.5 Å². The summed E-state index contributed by atoms with van der Waals surface area (Å²) in [6.07, 6.45) is 3.61. The third-order valence-electron chi connectivity index (χ3n) is 0.379. The lowest BCUT2D eigenvalue weighted by molar-refractivity contribution is -0.104. The maximum absolute atomic E-state index is 9.51. The van der Waals surface area contributed by atoms with Crippen molar-refractivity contribution in [3.63, 3.8) is 0 Å². The van der Waals surface area contributed by atoms with Crippen LogP contribution >= 0.6 is 0 Å². The van der Waals surface area contributed by atoms with E-state index >= 15 is 0 Å². The molecule has 0 unspecified atom stereocenters. The van der Waals surface area contributed by atoms with E-state index in [4.69, 9.17) is 0 Å². The Labute approximate surface area is 42.7 Å². The van der Waals surface area contributed by atoms with Gasteiger partial charge < -0.3 is 0 Å². The molecule has 1 heteroatoms. The van der Waals surface area contributed by atoms with Gasteiger partial charge in [0.1, 0.15) is 0 Å². The van der Waals surface area contributed by atoms with E-state index in [-0.39, 0.29) is 0 Å². The predicted octanol–water partition coefficient (Wildman–Crippen LogP) is 1.07. The van der Waals surface area contributed by atoms with E-state index in [0.29, 0.717) is 6.29 Å². The van der Waals surface area contributed by atoms with Crippen molar-refractivity contribution >= 4 is 6.29 Å². The SMILES string of the molecule is CC=C=C=CC=O. The molecule has 0 N–H and O–H groups in total. The molecule has 0 fully saturated rings. The van der Waals surface area contributed by atoms with Crippen molar-refractivity contribution in [3.8, 4) is 0 Å². The molecule has 0 atom stereocenters. The molecule has 0 bridgehead atoms. The molecule has 0 aliphatic heterocycles. The summed E-state index contributed by atoms with van der Waals surface area (Å²) in [6, 6.07) is 0. The highest BCUT2D eigenvalue weighted by Crippen LogP contribution is 1.56. The second-order valence-electron chi connectivity index (χ2n) is 0.880. The van der Waals surface area contributed by atoms with Crippen molar-refractivity contribution in [2.45, 2.75) is 6.92 Å². The lowest BCUT2D eigenvalue weighted by Crippen LogP contribution is -1.48. The molecule has 0 saturated carbocycles. The first-order valence-electron chi connectivity index (χ1n) is 1.97. The average molecular weight is 94.1 g/mol. The summed E-state index contributed by atoms with van der Waals surface area (Å²) >= 11 is 0. The Morgan fingerprint density at radius 1 is 1.43 bits per heavy atom. The molecule has 7 heavy (non-hydrogen) atoms. The molecule has 0 radical (unpaired) electrons. The monoisotopic (exact) mass is 94.0 g/mol. The fourth-order valence-corrected chi connectivity index (χ4v) is 0.165. The van der Waals surface area contributed by atoms with Crippen LogP contribution in [-0.4, -0.2) is 6.29 Å². The zero-order valence-corrected chi connectivity index (χ0v) is 4.14. The molecular formula is C6H6O. The Kier molecular flexibility index (Phi) is 4.24. The van der Waals surface area contributed by atoms with E-state index in [0.717, 1.165) is 0 Å². The van der Waals surface area contributed by atoms with E-state index in [1.807, 2.05) is 6.92 Å². The smallest absolute Gasteiger partial charge is 0.151 e. The molecular weight excluding hydrogens is 88.1 g/mol. The number of carbonyl (C=O) groups is 1. The second-order valence-corrected chi connectivity index (χ2v) is 0.880. The maximum Gasteiger partial charge on any atom is 0.151 e. The number of hydrogen-bond donors (Lipinski definition) is 0. The van der Waals surface area contributed by atoms with Crippen molar-refractivity contribution in [2.24, 2.45) is 0 Å². The summed E-state index contributed by atoms with van der Waals surface area (Å²) in [4.78, 5) is 9.51. The number of carbonyl (C=O) groups excluding carboxylic acids is 1. The molecule has 0 saturated heterocycles. The minimum Gasteiger partial charge on any atom is -0.298 e. The Bertz CT molecular complexity index is 132. The van der Waals surface area contributed by atoms with E-state index in [1.165, 1.54) is 6.08 Å². The normalized spacial score (nSPS) is 5.29.